The fourth-order valence-corrected chi connectivity index (χ4v) is 4.54. The van der Waals surface area contributed by atoms with Crippen LogP contribution in [0.15, 0.2) is 59.8 Å². The average Bonchev–Trinajstić information content (AvgIpc) is 3.29. The smallest absolute Gasteiger partial charge is 0.270 e. The summed E-state index contributed by atoms with van der Waals surface area (Å²) in [6, 6.07) is 10.5. The maximum atomic E-state index is 12.8. The number of non-ortho nitro benzene ring substituents is 1. The minimum absolute atomic E-state index is 0.0801. The van der Waals surface area contributed by atoms with Gasteiger partial charge in [-0.25, -0.2) is 13.1 Å². The van der Waals surface area contributed by atoms with Crippen molar-refractivity contribution in [3.63, 3.8) is 0 Å². The van der Waals surface area contributed by atoms with E-state index in [1.54, 1.807) is 29.2 Å². The van der Waals surface area contributed by atoms with Crippen molar-refractivity contribution in [2.24, 2.45) is 0 Å². The Morgan fingerprint density at radius 2 is 1.69 bits per heavy atom. The monoisotopic (exact) mass is 415 g/mol. The maximum Gasteiger partial charge on any atom is 0.270 e. The molecule has 12 heteroatoms. The highest BCUT2D eigenvalue weighted by Crippen LogP contribution is 2.23. The molecular weight excluding hydrogens is 398 g/mol. The van der Waals surface area contributed by atoms with Crippen molar-refractivity contribution in [1.82, 2.24) is 24.3 Å². The second kappa shape index (κ2) is 7.56. The van der Waals surface area contributed by atoms with Gasteiger partial charge in [0.15, 0.2) is 11.6 Å². The molecule has 1 aromatic carbocycles. The number of hydrogen-bond donors (Lipinski definition) is 0. The number of benzene rings is 1. The Morgan fingerprint density at radius 3 is 2.31 bits per heavy atom. The van der Waals surface area contributed by atoms with E-state index in [0.717, 1.165) is 6.07 Å². The summed E-state index contributed by atoms with van der Waals surface area (Å²) < 4.78 is 28.6. The number of anilines is 1. The first-order chi connectivity index (χ1) is 13.9. The Hall–Kier alpha value is -3.38. The predicted octanol–water partition coefficient (Wildman–Crippen LogP) is 1.08. The molecule has 29 heavy (non-hydrogen) atoms. The summed E-state index contributed by atoms with van der Waals surface area (Å²) in [6.07, 6.45) is 3.41. The second-order valence-corrected chi connectivity index (χ2v) is 8.28. The molecule has 0 amide bonds. The van der Waals surface area contributed by atoms with Crippen molar-refractivity contribution < 1.29 is 13.3 Å². The van der Waals surface area contributed by atoms with Gasteiger partial charge >= 0.3 is 0 Å². The quantitative estimate of drug-likeness (QED) is 0.447. The molecule has 0 unspecified atom stereocenters. The van der Waals surface area contributed by atoms with E-state index in [4.69, 9.17) is 0 Å². The van der Waals surface area contributed by atoms with Crippen LogP contribution in [-0.4, -0.2) is 63.8 Å². The standard InChI is InChI=1S/C17H17N7O4S/c25-24(26)14-3-1-4-15(13-14)29(27,28)22-11-9-21(10-12-22)16-5-6-17(20-19-16)23-8-2-7-18-23/h1-8,13H,9-12H2. The Balaban J connectivity index is 1.45. The lowest BCUT2D eigenvalue weighted by Gasteiger charge is -2.34. The molecule has 1 saturated heterocycles. The molecule has 4 rings (SSSR count). The molecule has 1 aliphatic heterocycles. The van der Waals surface area contributed by atoms with E-state index in [-0.39, 0.29) is 23.7 Å². The lowest BCUT2D eigenvalue weighted by atomic mass is 10.3. The number of nitro groups is 1. The number of aromatic nitrogens is 4. The zero-order valence-corrected chi connectivity index (χ0v) is 16.0. The first-order valence-electron chi connectivity index (χ1n) is 8.78. The van der Waals surface area contributed by atoms with Crippen molar-refractivity contribution in [1.29, 1.82) is 0 Å². The van der Waals surface area contributed by atoms with Crippen LogP contribution in [0.25, 0.3) is 5.82 Å². The van der Waals surface area contributed by atoms with Crippen molar-refractivity contribution in [3.8, 4) is 5.82 Å². The van der Waals surface area contributed by atoms with E-state index < -0.39 is 14.9 Å². The first kappa shape index (κ1) is 19.0. The molecule has 0 atom stereocenters. The normalized spacial score (nSPS) is 15.4. The summed E-state index contributed by atoms with van der Waals surface area (Å²) in [5, 5.41) is 23.4. The van der Waals surface area contributed by atoms with Crippen LogP contribution in [0.5, 0.6) is 0 Å². The van der Waals surface area contributed by atoms with Crippen molar-refractivity contribution >= 4 is 21.5 Å². The molecule has 0 aliphatic carbocycles. The summed E-state index contributed by atoms with van der Waals surface area (Å²) in [6.45, 7) is 1.36. The summed E-state index contributed by atoms with van der Waals surface area (Å²) in [7, 11) is -3.81. The third kappa shape index (κ3) is 3.79. The van der Waals surface area contributed by atoms with Crippen LogP contribution in [0.1, 0.15) is 0 Å². The highest BCUT2D eigenvalue weighted by atomic mass is 32.2. The van der Waals surface area contributed by atoms with Gasteiger partial charge in [-0.05, 0) is 24.3 Å². The summed E-state index contributed by atoms with van der Waals surface area (Å²) in [5.74, 6) is 1.24. The van der Waals surface area contributed by atoms with Crippen LogP contribution < -0.4 is 4.90 Å². The van der Waals surface area contributed by atoms with Gasteiger partial charge in [-0.1, -0.05) is 6.07 Å². The van der Waals surface area contributed by atoms with Crippen LogP contribution in [0.3, 0.4) is 0 Å². The molecule has 11 nitrogen and oxygen atoms in total. The average molecular weight is 415 g/mol. The highest BCUT2D eigenvalue weighted by Gasteiger charge is 2.30. The van der Waals surface area contributed by atoms with E-state index in [1.165, 1.54) is 22.5 Å². The van der Waals surface area contributed by atoms with Gasteiger partial charge in [0, 0.05) is 50.7 Å². The van der Waals surface area contributed by atoms with Crippen LogP contribution in [0.4, 0.5) is 11.5 Å². The molecule has 2 aromatic heterocycles. The lowest BCUT2D eigenvalue weighted by molar-refractivity contribution is -0.385. The molecule has 1 fully saturated rings. The molecule has 0 N–H and O–H groups in total. The zero-order valence-electron chi connectivity index (χ0n) is 15.2. The SMILES string of the molecule is O=[N+]([O-])c1cccc(S(=O)(=O)N2CCN(c3ccc(-n4cccn4)nn3)CC2)c1. The number of piperazine rings is 1. The number of nitrogens with zero attached hydrogens (tertiary/aromatic N) is 7. The van der Waals surface area contributed by atoms with E-state index in [9.17, 15) is 18.5 Å². The van der Waals surface area contributed by atoms with Gasteiger partial charge in [0.1, 0.15) is 0 Å². The molecule has 150 valence electrons. The van der Waals surface area contributed by atoms with Crippen LogP contribution >= 0.6 is 0 Å². The molecule has 0 radical (unpaired) electrons. The minimum Gasteiger partial charge on any atom is -0.352 e. The minimum atomic E-state index is -3.81. The van der Waals surface area contributed by atoms with Gasteiger partial charge in [-0.2, -0.15) is 9.40 Å². The molecule has 0 saturated carbocycles. The molecule has 0 spiro atoms. The van der Waals surface area contributed by atoms with Gasteiger partial charge in [0.05, 0.1) is 9.82 Å². The number of rotatable bonds is 5. The van der Waals surface area contributed by atoms with Crippen LogP contribution in [-0.2, 0) is 10.0 Å². The van der Waals surface area contributed by atoms with E-state index in [1.807, 2.05) is 11.0 Å². The molecule has 3 heterocycles. The Bertz CT molecular complexity index is 1110. The summed E-state index contributed by atoms with van der Waals surface area (Å²) in [4.78, 5) is 12.2. The number of nitro benzene ring substituents is 1. The van der Waals surface area contributed by atoms with Crippen molar-refractivity contribution in [2.75, 3.05) is 31.1 Å². The maximum absolute atomic E-state index is 12.8. The third-order valence-electron chi connectivity index (χ3n) is 4.60. The second-order valence-electron chi connectivity index (χ2n) is 6.35. The van der Waals surface area contributed by atoms with Gasteiger partial charge in [-0.3, -0.25) is 10.1 Å². The molecule has 3 aromatic rings. The van der Waals surface area contributed by atoms with Crippen molar-refractivity contribution in [2.45, 2.75) is 4.90 Å². The van der Waals surface area contributed by atoms with Gasteiger partial charge in [-0.15, -0.1) is 10.2 Å². The Kier molecular flexibility index (Phi) is 4.94. The van der Waals surface area contributed by atoms with Crippen molar-refractivity contribution in [3.05, 3.63) is 65.0 Å². The Labute approximate surface area is 166 Å². The van der Waals surface area contributed by atoms with E-state index >= 15 is 0 Å². The predicted molar refractivity (Wildman–Crippen MR) is 103 cm³/mol. The van der Waals surface area contributed by atoms with E-state index in [2.05, 4.69) is 15.3 Å². The zero-order chi connectivity index (χ0) is 20.4. The topological polar surface area (TPSA) is 127 Å². The number of hydrogen-bond acceptors (Lipinski definition) is 8. The lowest BCUT2D eigenvalue weighted by Crippen LogP contribution is -2.49. The fraction of sp³-hybridized carbons (Fsp3) is 0.235. The fourth-order valence-electron chi connectivity index (χ4n) is 3.08. The third-order valence-corrected chi connectivity index (χ3v) is 6.50. The van der Waals surface area contributed by atoms with E-state index in [0.29, 0.717) is 24.7 Å². The van der Waals surface area contributed by atoms with Gasteiger partial charge in [0.2, 0.25) is 10.0 Å². The molecular formula is C17H17N7O4S. The van der Waals surface area contributed by atoms with Gasteiger partial charge < -0.3 is 4.90 Å². The van der Waals surface area contributed by atoms with Gasteiger partial charge in [0.25, 0.3) is 5.69 Å². The first-order valence-corrected chi connectivity index (χ1v) is 10.2. The summed E-state index contributed by atoms with van der Waals surface area (Å²) in [5.41, 5.74) is -0.253. The summed E-state index contributed by atoms with van der Waals surface area (Å²) >= 11 is 0. The Morgan fingerprint density at radius 1 is 0.966 bits per heavy atom. The van der Waals surface area contributed by atoms with Crippen LogP contribution in [0.2, 0.25) is 0 Å². The largest absolute Gasteiger partial charge is 0.352 e. The number of sulfonamides is 1. The molecule has 1 aliphatic rings. The van der Waals surface area contributed by atoms with Crippen LogP contribution in [0, 0.1) is 10.1 Å². The highest BCUT2D eigenvalue weighted by molar-refractivity contribution is 7.89. The molecule has 0 bridgehead atoms.